The number of benzene rings is 2. The predicted molar refractivity (Wildman–Crippen MR) is 82.5 cm³/mol. The number of nitrogens with zero attached hydrogens (tertiary/aromatic N) is 1. The van der Waals surface area contributed by atoms with Crippen LogP contribution in [-0.4, -0.2) is 10.9 Å². The van der Waals surface area contributed by atoms with E-state index in [1.165, 1.54) is 6.08 Å². The highest BCUT2D eigenvalue weighted by atomic mass is 16.1. The average Bonchev–Trinajstić information content (AvgIpc) is 2.45. The summed E-state index contributed by atoms with van der Waals surface area (Å²) in [6.45, 7) is 3.43. The Morgan fingerprint density at radius 3 is 2.55 bits per heavy atom. The maximum absolute atomic E-state index is 11.3. The molecule has 4 nitrogen and oxygen atoms in total. The molecule has 2 aromatic carbocycles. The fourth-order valence-corrected chi connectivity index (χ4v) is 2.11. The Balaban J connectivity index is 2.15. The Kier molecular flexibility index (Phi) is 2.84. The van der Waals surface area contributed by atoms with Gasteiger partial charge in [0.15, 0.2) is 0 Å². The standard InChI is InChI=1S/C16H13N3O/c1-2-16(20)18-13-6-4-11-7-10-3-5-12(17)8-14(10)19-15(11)9-13/h2-9H,1,17H2,(H,18,20). The van der Waals surface area contributed by atoms with Gasteiger partial charge >= 0.3 is 0 Å². The Hall–Kier alpha value is -2.88. The first-order chi connectivity index (χ1) is 9.65. The molecule has 0 aliphatic heterocycles. The van der Waals surface area contributed by atoms with Crippen LogP contribution in [0.3, 0.4) is 0 Å². The van der Waals surface area contributed by atoms with Gasteiger partial charge in [-0.3, -0.25) is 4.79 Å². The summed E-state index contributed by atoms with van der Waals surface area (Å²) in [4.78, 5) is 15.9. The number of aromatic nitrogens is 1. The van der Waals surface area contributed by atoms with E-state index in [0.29, 0.717) is 11.4 Å². The van der Waals surface area contributed by atoms with Crippen molar-refractivity contribution in [3.63, 3.8) is 0 Å². The molecule has 0 atom stereocenters. The molecule has 3 aromatic rings. The summed E-state index contributed by atoms with van der Waals surface area (Å²) < 4.78 is 0. The molecular weight excluding hydrogens is 250 g/mol. The number of rotatable bonds is 2. The molecule has 0 radical (unpaired) electrons. The number of carbonyl (C=O) groups excluding carboxylic acids is 1. The molecule has 98 valence electrons. The van der Waals surface area contributed by atoms with Gasteiger partial charge in [0.05, 0.1) is 11.0 Å². The maximum atomic E-state index is 11.3. The highest BCUT2D eigenvalue weighted by Crippen LogP contribution is 2.23. The molecule has 0 saturated heterocycles. The van der Waals surface area contributed by atoms with Crippen molar-refractivity contribution >= 4 is 39.1 Å². The van der Waals surface area contributed by atoms with Crippen molar-refractivity contribution in [3.05, 3.63) is 55.1 Å². The van der Waals surface area contributed by atoms with E-state index in [4.69, 9.17) is 5.73 Å². The van der Waals surface area contributed by atoms with Crippen LogP contribution in [-0.2, 0) is 4.79 Å². The summed E-state index contributed by atoms with van der Waals surface area (Å²) in [6, 6.07) is 13.3. The lowest BCUT2D eigenvalue weighted by Crippen LogP contribution is -2.06. The lowest BCUT2D eigenvalue weighted by Gasteiger charge is -2.06. The highest BCUT2D eigenvalue weighted by Gasteiger charge is 2.03. The Morgan fingerprint density at radius 2 is 1.80 bits per heavy atom. The average molecular weight is 263 g/mol. The number of hydrogen-bond acceptors (Lipinski definition) is 3. The molecule has 0 saturated carbocycles. The minimum atomic E-state index is -0.241. The first kappa shape index (κ1) is 12.2. The van der Waals surface area contributed by atoms with Crippen molar-refractivity contribution in [1.29, 1.82) is 0 Å². The molecule has 1 aromatic heterocycles. The highest BCUT2D eigenvalue weighted by molar-refractivity contribution is 6.01. The number of anilines is 2. The zero-order valence-electron chi connectivity index (χ0n) is 10.8. The summed E-state index contributed by atoms with van der Waals surface area (Å²) >= 11 is 0. The van der Waals surface area contributed by atoms with Crippen LogP contribution < -0.4 is 11.1 Å². The normalized spacial score (nSPS) is 10.6. The van der Waals surface area contributed by atoms with E-state index in [9.17, 15) is 4.79 Å². The number of hydrogen-bond donors (Lipinski definition) is 2. The zero-order valence-corrected chi connectivity index (χ0v) is 10.8. The molecule has 0 spiro atoms. The number of carbonyl (C=O) groups is 1. The topological polar surface area (TPSA) is 68.0 Å². The summed E-state index contributed by atoms with van der Waals surface area (Å²) in [5.74, 6) is -0.241. The van der Waals surface area contributed by atoms with E-state index in [2.05, 4.69) is 22.9 Å². The minimum Gasteiger partial charge on any atom is -0.399 e. The van der Waals surface area contributed by atoms with E-state index < -0.39 is 0 Å². The number of nitrogens with two attached hydrogens (primary N) is 1. The Labute approximate surface area is 115 Å². The summed E-state index contributed by atoms with van der Waals surface area (Å²) in [6.07, 6.45) is 1.23. The third-order valence-corrected chi connectivity index (χ3v) is 3.09. The third kappa shape index (κ3) is 2.19. The molecule has 4 heteroatoms. The second kappa shape index (κ2) is 4.66. The smallest absolute Gasteiger partial charge is 0.247 e. The predicted octanol–water partition coefficient (Wildman–Crippen LogP) is 3.09. The fraction of sp³-hybridized carbons (Fsp3) is 0. The van der Waals surface area contributed by atoms with Gasteiger partial charge in [-0.1, -0.05) is 18.7 Å². The zero-order chi connectivity index (χ0) is 14.1. The molecule has 20 heavy (non-hydrogen) atoms. The van der Waals surface area contributed by atoms with Crippen LogP contribution in [0.4, 0.5) is 11.4 Å². The summed E-state index contributed by atoms with van der Waals surface area (Å²) in [7, 11) is 0. The largest absolute Gasteiger partial charge is 0.399 e. The molecule has 1 amide bonds. The SMILES string of the molecule is C=CC(=O)Nc1ccc2cc3ccc(N)cc3nc2c1. The first-order valence-electron chi connectivity index (χ1n) is 6.19. The summed E-state index contributed by atoms with van der Waals surface area (Å²) in [5.41, 5.74) is 8.80. The van der Waals surface area contributed by atoms with Crippen LogP contribution in [0.15, 0.2) is 55.1 Å². The van der Waals surface area contributed by atoms with Gasteiger partial charge in [0.1, 0.15) is 0 Å². The fourth-order valence-electron chi connectivity index (χ4n) is 2.11. The van der Waals surface area contributed by atoms with Gasteiger partial charge in [-0.2, -0.15) is 0 Å². The van der Waals surface area contributed by atoms with E-state index in [0.717, 1.165) is 21.8 Å². The molecule has 0 fully saturated rings. The quantitative estimate of drug-likeness (QED) is 0.424. The lowest BCUT2D eigenvalue weighted by atomic mass is 10.1. The monoisotopic (exact) mass is 263 g/mol. The first-order valence-corrected chi connectivity index (χ1v) is 6.19. The van der Waals surface area contributed by atoms with Gasteiger partial charge in [0.25, 0.3) is 0 Å². The summed E-state index contributed by atoms with van der Waals surface area (Å²) in [5, 5.41) is 4.77. The van der Waals surface area contributed by atoms with Gasteiger partial charge in [0, 0.05) is 22.1 Å². The maximum Gasteiger partial charge on any atom is 0.247 e. The van der Waals surface area contributed by atoms with Crippen molar-refractivity contribution in [3.8, 4) is 0 Å². The second-order valence-corrected chi connectivity index (χ2v) is 4.54. The Morgan fingerprint density at radius 1 is 1.10 bits per heavy atom. The van der Waals surface area contributed by atoms with Crippen LogP contribution in [0.1, 0.15) is 0 Å². The number of pyridine rings is 1. The van der Waals surface area contributed by atoms with Crippen LogP contribution in [0, 0.1) is 0 Å². The van der Waals surface area contributed by atoms with Crippen molar-refractivity contribution in [1.82, 2.24) is 4.98 Å². The van der Waals surface area contributed by atoms with Crippen molar-refractivity contribution in [2.75, 3.05) is 11.1 Å². The minimum absolute atomic E-state index is 0.241. The van der Waals surface area contributed by atoms with Crippen molar-refractivity contribution < 1.29 is 4.79 Å². The van der Waals surface area contributed by atoms with Crippen LogP contribution in [0.5, 0.6) is 0 Å². The third-order valence-electron chi connectivity index (χ3n) is 3.09. The number of amides is 1. The van der Waals surface area contributed by atoms with Crippen LogP contribution >= 0.6 is 0 Å². The molecule has 3 rings (SSSR count). The van der Waals surface area contributed by atoms with Gasteiger partial charge in [0.2, 0.25) is 5.91 Å². The van der Waals surface area contributed by atoms with E-state index in [1.54, 1.807) is 0 Å². The van der Waals surface area contributed by atoms with Crippen molar-refractivity contribution in [2.24, 2.45) is 0 Å². The van der Waals surface area contributed by atoms with E-state index in [1.807, 2.05) is 36.4 Å². The molecule has 1 heterocycles. The van der Waals surface area contributed by atoms with Gasteiger partial charge in [-0.15, -0.1) is 0 Å². The van der Waals surface area contributed by atoms with E-state index >= 15 is 0 Å². The van der Waals surface area contributed by atoms with Crippen LogP contribution in [0.25, 0.3) is 21.8 Å². The lowest BCUT2D eigenvalue weighted by molar-refractivity contribution is -0.111. The van der Waals surface area contributed by atoms with Gasteiger partial charge in [-0.25, -0.2) is 4.98 Å². The molecule has 0 aliphatic rings. The Bertz CT molecular complexity index is 840. The molecule has 3 N–H and O–H groups in total. The van der Waals surface area contributed by atoms with Gasteiger partial charge < -0.3 is 11.1 Å². The van der Waals surface area contributed by atoms with E-state index in [-0.39, 0.29) is 5.91 Å². The number of nitrogens with one attached hydrogen (secondary N) is 1. The molecule has 0 unspecified atom stereocenters. The number of nitrogen functional groups attached to an aromatic ring is 1. The number of fused-ring (bicyclic) bond motifs is 2. The second-order valence-electron chi connectivity index (χ2n) is 4.54. The molecule has 0 bridgehead atoms. The molecular formula is C16H13N3O. The van der Waals surface area contributed by atoms with Gasteiger partial charge in [-0.05, 0) is 36.4 Å². The van der Waals surface area contributed by atoms with Crippen LogP contribution in [0.2, 0.25) is 0 Å². The molecule has 0 aliphatic carbocycles. The van der Waals surface area contributed by atoms with Crippen molar-refractivity contribution in [2.45, 2.75) is 0 Å².